The molecular formula is C16H14ClNO3. The Balaban J connectivity index is 2.28. The number of carbonyl (C=O) groups is 2. The van der Waals surface area contributed by atoms with Gasteiger partial charge in [0.25, 0.3) is 5.91 Å². The first-order valence-electron chi connectivity index (χ1n) is 6.27. The van der Waals surface area contributed by atoms with Gasteiger partial charge in [-0.05, 0) is 37.3 Å². The van der Waals surface area contributed by atoms with E-state index < -0.39 is 0 Å². The van der Waals surface area contributed by atoms with Gasteiger partial charge in [0.2, 0.25) is 0 Å². The topological polar surface area (TPSA) is 55.4 Å². The highest BCUT2D eigenvalue weighted by molar-refractivity contribution is 6.31. The Morgan fingerprint density at radius 1 is 1.14 bits per heavy atom. The van der Waals surface area contributed by atoms with Crippen LogP contribution in [0, 0.1) is 0 Å². The summed E-state index contributed by atoms with van der Waals surface area (Å²) in [5, 5.41) is 3.17. The van der Waals surface area contributed by atoms with Crippen LogP contribution in [0.5, 0.6) is 5.75 Å². The van der Waals surface area contributed by atoms with Crippen molar-refractivity contribution in [1.82, 2.24) is 0 Å². The van der Waals surface area contributed by atoms with E-state index in [0.717, 1.165) is 0 Å². The van der Waals surface area contributed by atoms with Gasteiger partial charge in [-0.25, -0.2) is 0 Å². The van der Waals surface area contributed by atoms with Gasteiger partial charge in [-0.2, -0.15) is 0 Å². The first-order valence-corrected chi connectivity index (χ1v) is 6.65. The highest BCUT2D eigenvalue weighted by atomic mass is 35.5. The van der Waals surface area contributed by atoms with E-state index in [1.807, 2.05) is 0 Å². The molecule has 2 aromatic carbocycles. The molecule has 2 rings (SSSR count). The lowest BCUT2D eigenvalue weighted by Gasteiger charge is -2.10. The van der Waals surface area contributed by atoms with E-state index in [0.29, 0.717) is 27.6 Å². The molecule has 0 atom stereocenters. The fraction of sp³-hybridized carbons (Fsp3) is 0.125. The minimum absolute atomic E-state index is 0.0635. The van der Waals surface area contributed by atoms with Crippen molar-refractivity contribution in [2.24, 2.45) is 0 Å². The van der Waals surface area contributed by atoms with E-state index in [-0.39, 0.29) is 11.7 Å². The normalized spacial score (nSPS) is 10.0. The van der Waals surface area contributed by atoms with Crippen molar-refractivity contribution < 1.29 is 14.3 Å². The molecule has 0 aliphatic heterocycles. The van der Waals surface area contributed by atoms with Crippen LogP contribution < -0.4 is 10.1 Å². The summed E-state index contributed by atoms with van der Waals surface area (Å²) in [5.41, 5.74) is 1.40. The van der Waals surface area contributed by atoms with Crippen molar-refractivity contribution in [3.05, 3.63) is 58.6 Å². The number of halogens is 1. The maximum Gasteiger partial charge on any atom is 0.259 e. The summed E-state index contributed by atoms with van der Waals surface area (Å²) in [6.07, 6.45) is 0. The zero-order valence-corrected chi connectivity index (χ0v) is 12.4. The number of carbonyl (C=O) groups excluding carboxylic acids is 2. The lowest BCUT2D eigenvalue weighted by atomic mass is 10.1. The third-order valence-corrected chi connectivity index (χ3v) is 3.17. The third-order valence-electron chi connectivity index (χ3n) is 2.93. The molecule has 0 unspecified atom stereocenters. The Morgan fingerprint density at radius 2 is 1.90 bits per heavy atom. The number of hydrogen-bond acceptors (Lipinski definition) is 3. The van der Waals surface area contributed by atoms with Crippen molar-refractivity contribution in [2.75, 3.05) is 12.4 Å². The molecular weight excluding hydrogens is 290 g/mol. The molecule has 0 radical (unpaired) electrons. The fourth-order valence-corrected chi connectivity index (χ4v) is 2.04. The minimum atomic E-state index is -0.352. The number of amides is 1. The van der Waals surface area contributed by atoms with Crippen LogP contribution in [0.15, 0.2) is 42.5 Å². The number of methoxy groups -OCH3 is 1. The van der Waals surface area contributed by atoms with Gasteiger partial charge < -0.3 is 10.1 Å². The lowest BCUT2D eigenvalue weighted by molar-refractivity contribution is 0.101. The van der Waals surface area contributed by atoms with E-state index in [9.17, 15) is 9.59 Å². The first kappa shape index (κ1) is 15.1. The van der Waals surface area contributed by atoms with Gasteiger partial charge in [-0.1, -0.05) is 23.7 Å². The number of Topliss-reactive ketones (excluding diaryl/α,β-unsaturated/α-hetero) is 1. The lowest BCUT2D eigenvalue weighted by Crippen LogP contribution is -2.13. The summed E-state index contributed by atoms with van der Waals surface area (Å²) in [4.78, 5) is 23.6. The molecule has 5 heteroatoms. The molecule has 108 valence electrons. The predicted molar refractivity (Wildman–Crippen MR) is 82.4 cm³/mol. The monoisotopic (exact) mass is 303 g/mol. The third kappa shape index (κ3) is 3.61. The van der Waals surface area contributed by atoms with Crippen LogP contribution >= 0.6 is 11.6 Å². The smallest absolute Gasteiger partial charge is 0.259 e. The second-order valence-electron chi connectivity index (χ2n) is 4.44. The van der Waals surface area contributed by atoms with Gasteiger partial charge in [0.1, 0.15) is 5.75 Å². The van der Waals surface area contributed by atoms with E-state index in [1.54, 1.807) is 36.4 Å². The predicted octanol–water partition coefficient (Wildman–Crippen LogP) is 3.80. The zero-order valence-electron chi connectivity index (χ0n) is 11.6. The molecule has 4 nitrogen and oxygen atoms in total. The molecule has 0 aliphatic rings. The van der Waals surface area contributed by atoms with Gasteiger partial charge in [0.05, 0.1) is 12.7 Å². The van der Waals surface area contributed by atoms with Crippen LogP contribution in [0.4, 0.5) is 5.69 Å². The molecule has 1 N–H and O–H groups in total. The van der Waals surface area contributed by atoms with E-state index >= 15 is 0 Å². The average molecular weight is 304 g/mol. The van der Waals surface area contributed by atoms with Gasteiger partial charge in [-0.15, -0.1) is 0 Å². The Bertz CT molecular complexity index is 698. The van der Waals surface area contributed by atoms with Crippen molar-refractivity contribution in [1.29, 1.82) is 0 Å². The van der Waals surface area contributed by atoms with Gasteiger partial charge in [-0.3, -0.25) is 9.59 Å². The SMILES string of the molecule is COc1ccc(Cl)cc1C(=O)Nc1cccc(C(C)=O)c1. The molecule has 0 saturated heterocycles. The number of nitrogens with one attached hydrogen (secondary N) is 1. The molecule has 1 amide bonds. The number of hydrogen-bond donors (Lipinski definition) is 1. The number of anilines is 1. The second-order valence-corrected chi connectivity index (χ2v) is 4.87. The van der Waals surface area contributed by atoms with E-state index in [4.69, 9.17) is 16.3 Å². The summed E-state index contributed by atoms with van der Waals surface area (Å²) in [7, 11) is 1.48. The maximum atomic E-state index is 12.3. The van der Waals surface area contributed by atoms with Crippen LogP contribution in [0.2, 0.25) is 5.02 Å². The van der Waals surface area contributed by atoms with Crippen molar-refractivity contribution >= 4 is 29.0 Å². The Hall–Kier alpha value is -2.33. The summed E-state index contributed by atoms with van der Waals surface area (Å²) in [6, 6.07) is 11.5. The van der Waals surface area contributed by atoms with Crippen LogP contribution in [-0.4, -0.2) is 18.8 Å². The number of ketones is 1. The molecule has 0 bridgehead atoms. The van der Waals surface area contributed by atoms with Gasteiger partial charge in [0, 0.05) is 16.3 Å². The fourth-order valence-electron chi connectivity index (χ4n) is 1.87. The largest absolute Gasteiger partial charge is 0.496 e. The molecule has 2 aromatic rings. The quantitative estimate of drug-likeness (QED) is 0.874. The van der Waals surface area contributed by atoms with Crippen LogP contribution in [0.3, 0.4) is 0 Å². The Morgan fingerprint density at radius 3 is 2.57 bits per heavy atom. The highest BCUT2D eigenvalue weighted by Crippen LogP contribution is 2.24. The van der Waals surface area contributed by atoms with Gasteiger partial charge >= 0.3 is 0 Å². The van der Waals surface area contributed by atoms with Crippen molar-refractivity contribution in [2.45, 2.75) is 6.92 Å². The molecule has 0 aromatic heterocycles. The first-order chi connectivity index (χ1) is 10.0. The molecule has 21 heavy (non-hydrogen) atoms. The number of ether oxygens (including phenoxy) is 1. The van der Waals surface area contributed by atoms with Crippen LogP contribution in [0.25, 0.3) is 0 Å². The zero-order chi connectivity index (χ0) is 15.4. The summed E-state index contributed by atoms with van der Waals surface area (Å²) in [5.74, 6) is 0.0149. The molecule has 0 heterocycles. The molecule has 0 aliphatic carbocycles. The van der Waals surface area contributed by atoms with E-state index in [1.165, 1.54) is 20.1 Å². The molecule has 0 fully saturated rings. The Kier molecular flexibility index (Phi) is 4.60. The standard InChI is InChI=1S/C16H14ClNO3/c1-10(19)11-4-3-5-13(8-11)18-16(20)14-9-12(17)6-7-15(14)21-2/h3-9H,1-2H3,(H,18,20). The van der Waals surface area contributed by atoms with Crippen molar-refractivity contribution in [3.63, 3.8) is 0 Å². The number of rotatable bonds is 4. The minimum Gasteiger partial charge on any atom is -0.496 e. The summed E-state index contributed by atoms with van der Waals surface area (Å²) in [6.45, 7) is 1.47. The highest BCUT2D eigenvalue weighted by Gasteiger charge is 2.13. The van der Waals surface area contributed by atoms with Gasteiger partial charge in [0.15, 0.2) is 5.78 Å². The van der Waals surface area contributed by atoms with Crippen molar-refractivity contribution in [3.8, 4) is 5.75 Å². The Labute approximate surface area is 127 Å². The number of benzene rings is 2. The van der Waals surface area contributed by atoms with Crippen LogP contribution in [-0.2, 0) is 0 Å². The molecule has 0 saturated carbocycles. The maximum absolute atomic E-state index is 12.3. The van der Waals surface area contributed by atoms with E-state index in [2.05, 4.69) is 5.32 Å². The van der Waals surface area contributed by atoms with Crippen LogP contribution in [0.1, 0.15) is 27.6 Å². The molecule has 0 spiro atoms. The second kappa shape index (κ2) is 6.41. The average Bonchev–Trinajstić information content (AvgIpc) is 2.47. The summed E-state index contributed by atoms with van der Waals surface area (Å²) < 4.78 is 5.15. The summed E-state index contributed by atoms with van der Waals surface area (Å²) >= 11 is 5.91.